The van der Waals surface area contributed by atoms with Gasteiger partial charge in [0.15, 0.2) is 0 Å². The molecule has 2 rings (SSSR count). The van der Waals surface area contributed by atoms with Crippen molar-refractivity contribution in [2.45, 2.75) is 58.0 Å². The maximum atomic E-state index is 9.61. The number of piperidine rings is 1. The van der Waals surface area contributed by atoms with Gasteiger partial charge in [0.05, 0.1) is 6.61 Å². The van der Waals surface area contributed by atoms with E-state index in [1.807, 2.05) is 0 Å². The number of nitrogens with zero attached hydrogens (tertiary/aromatic N) is 1. The Kier molecular flexibility index (Phi) is 6.27. The first-order valence-electron chi connectivity index (χ1n) is 8.31. The normalized spacial score (nSPS) is 27.9. The summed E-state index contributed by atoms with van der Waals surface area (Å²) in [6.07, 6.45) is 5.98. The summed E-state index contributed by atoms with van der Waals surface area (Å²) in [6.45, 7) is 9.84. The SMILES string of the molecule is CC(C)NCC1(CN2CCCCC2CO)CCOCC1. The number of rotatable bonds is 6. The van der Waals surface area contributed by atoms with Crippen LogP contribution in [-0.2, 0) is 4.74 Å². The Morgan fingerprint density at radius 2 is 2.05 bits per heavy atom. The zero-order valence-corrected chi connectivity index (χ0v) is 13.2. The van der Waals surface area contributed by atoms with E-state index in [1.165, 1.54) is 12.8 Å². The van der Waals surface area contributed by atoms with Crippen molar-refractivity contribution >= 4 is 0 Å². The monoisotopic (exact) mass is 284 g/mol. The second kappa shape index (κ2) is 7.74. The topological polar surface area (TPSA) is 44.7 Å². The van der Waals surface area contributed by atoms with Gasteiger partial charge < -0.3 is 15.2 Å². The second-order valence-electron chi connectivity index (χ2n) is 6.95. The first-order valence-corrected chi connectivity index (χ1v) is 8.31. The fourth-order valence-corrected chi connectivity index (χ4v) is 3.52. The van der Waals surface area contributed by atoms with Crippen LogP contribution < -0.4 is 5.32 Å². The average Bonchev–Trinajstić information content (AvgIpc) is 2.47. The van der Waals surface area contributed by atoms with Crippen molar-refractivity contribution in [1.82, 2.24) is 10.2 Å². The van der Waals surface area contributed by atoms with Gasteiger partial charge in [-0.05, 0) is 37.6 Å². The third-order valence-electron chi connectivity index (χ3n) is 4.94. The van der Waals surface area contributed by atoms with Gasteiger partial charge in [0.1, 0.15) is 0 Å². The van der Waals surface area contributed by atoms with E-state index in [0.717, 1.165) is 52.1 Å². The summed E-state index contributed by atoms with van der Waals surface area (Å²) in [6, 6.07) is 0.909. The van der Waals surface area contributed by atoms with Crippen LogP contribution in [-0.4, -0.2) is 61.5 Å². The highest BCUT2D eigenvalue weighted by atomic mass is 16.5. The third-order valence-corrected chi connectivity index (χ3v) is 4.94. The van der Waals surface area contributed by atoms with Gasteiger partial charge in [0, 0.05) is 38.4 Å². The Balaban J connectivity index is 1.98. The molecule has 0 aliphatic carbocycles. The summed E-state index contributed by atoms with van der Waals surface area (Å²) in [5.74, 6) is 0. The molecule has 2 N–H and O–H groups in total. The second-order valence-corrected chi connectivity index (χ2v) is 6.95. The molecule has 4 nitrogen and oxygen atoms in total. The molecule has 118 valence electrons. The van der Waals surface area contributed by atoms with E-state index in [1.54, 1.807) is 0 Å². The quantitative estimate of drug-likeness (QED) is 0.778. The molecule has 1 atom stereocenters. The van der Waals surface area contributed by atoms with Gasteiger partial charge in [-0.25, -0.2) is 0 Å². The van der Waals surface area contributed by atoms with E-state index >= 15 is 0 Å². The molecule has 2 aliphatic heterocycles. The van der Waals surface area contributed by atoms with Crippen molar-refractivity contribution in [3.8, 4) is 0 Å². The summed E-state index contributed by atoms with van der Waals surface area (Å²) in [7, 11) is 0. The van der Waals surface area contributed by atoms with Gasteiger partial charge in [-0.1, -0.05) is 20.3 Å². The molecule has 2 fully saturated rings. The van der Waals surface area contributed by atoms with Crippen LogP contribution in [0.5, 0.6) is 0 Å². The summed E-state index contributed by atoms with van der Waals surface area (Å²) in [5.41, 5.74) is 0.327. The average molecular weight is 284 g/mol. The van der Waals surface area contributed by atoms with Crippen LogP contribution in [0.4, 0.5) is 0 Å². The van der Waals surface area contributed by atoms with Crippen LogP contribution in [0, 0.1) is 5.41 Å². The predicted octanol–water partition coefficient (Wildman–Crippen LogP) is 1.63. The summed E-state index contributed by atoms with van der Waals surface area (Å²) >= 11 is 0. The first kappa shape index (κ1) is 16.2. The van der Waals surface area contributed by atoms with Crippen LogP contribution in [0.3, 0.4) is 0 Å². The molecule has 2 aliphatic rings. The van der Waals surface area contributed by atoms with Crippen LogP contribution in [0.2, 0.25) is 0 Å². The number of aliphatic hydroxyl groups excluding tert-OH is 1. The van der Waals surface area contributed by atoms with Crippen molar-refractivity contribution in [3.63, 3.8) is 0 Å². The molecular weight excluding hydrogens is 252 g/mol. The molecule has 2 saturated heterocycles. The molecule has 4 heteroatoms. The van der Waals surface area contributed by atoms with Gasteiger partial charge in [0.25, 0.3) is 0 Å². The maximum Gasteiger partial charge on any atom is 0.0586 e. The van der Waals surface area contributed by atoms with Crippen LogP contribution in [0.1, 0.15) is 46.0 Å². The van der Waals surface area contributed by atoms with Gasteiger partial charge in [0.2, 0.25) is 0 Å². The predicted molar refractivity (Wildman–Crippen MR) is 81.9 cm³/mol. The van der Waals surface area contributed by atoms with E-state index in [-0.39, 0.29) is 0 Å². The zero-order chi connectivity index (χ0) is 14.4. The van der Waals surface area contributed by atoms with Gasteiger partial charge >= 0.3 is 0 Å². The standard InChI is InChI=1S/C16H32N2O2/c1-14(2)17-12-16(6-9-20-10-7-16)13-18-8-4-3-5-15(18)11-19/h14-15,17,19H,3-13H2,1-2H3. The third kappa shape index (κ3) is 4.42. The van der Waals surface area contributed by atoms with Crippen molar-refractivity contribution in [1.29, 1.82) is 0 Å². The largest absolute Gasteiger partial charge is 0.395 e. The smallest absolute Gasteiger partial charge is 0.0586 e. The number of likely N-dealkylation sites (tertiary alicyclic amines) is 1. The fourth-order valence-electron chi connectivity index (χ4n) is 3.52. The molecule has 1 unspecified atom stereocenters. The summed E-state index contributed by atoms with van der Waals surface area (Å²) < 4.78 is 5.58. The molecule has 0 aromatic carbocycles. The first-order chi connectivity index (χ1) is 9.65. The van der Waals surface area contributed by atoms with Crippen molar-refractivity contribution in [3.05, 3.63) is 0 Å². The Morgan fingerprint density at radius 1 is 1.30 bits per heavy atom. The van der Waals surface area contributed by atoms with Crippen LogP contribution in [0.25, 0.3) is 0 Å². The number of nitrogens with one attached hydrogen (secondary N) is 1. The maximum absolute atomic E-state index is 9.61. The van der Waals surface area contributed by atoms with Crippen molar-refractivity contribution < 1.29 is 9.84 Å². The summed E-state index contributed by atoms with van der Waals surface area (Å²) in [4.78, 5) is 2.54. The van der Waals surface area contributed by atoms with Gasteiger partial charge in [-0.2, -0.15) is 0 Å². The molecule has 0 spiro atoms. The summed E-state index contributed by atoms with van der Waals surface area (Å²) in [5, 5.41) is 13.2. The van der Waals surface area contributed by atoms with Crippen LogP contribution in [0.15, 0.2) is 0 Å². The number of aliphatic hydroxyl groups is 1. The highest BCUT2D eigenvalue weighted by Gasteiger charge is 2.36. The fraction of sp³-hybridized carbons (Fsp3) is 1.00. The molecule has 0 aromatic rings. The van der Waals surface area contributed by atoms with Gasteiger partial charge in [-0.3, -0.25) is 4.90 Å². The Bertz CT molecular complexity index is 278. The van der Waals surface area contributed by atoms with Crippen LogP contribution >= 0.6 is 0 Å². The zero-order valence-electron chi connectivity index (χ0n) is 13.2. The highest BCUT2D eigenvalue weighted by molar-refractivity contribution is 4.90. The molecule has 20 heavy (non-hydrogen) atoms. The Morgan fingerprint density at radius 3 is 2.70 bits per heavy atom. The lowest BCUT2D eigenvalue weighted by atomic mass is 9.78. The minimum Gasteiger partial charge on any atom is -0.395 e. The lowest BCUT2D eigenvalue weighted by molar-refractivity contribution is -0.0246. The van der Waals surface area contributed by atoms with Crippen molar-refractivity contribution in [2.24, 2.45) is 5.41 Å². The number of hydrogen-bond donors (Lipinski definition) is 2. The van der Waals surface area contributed by atoms with Gasteiger partial charge in [-0.15, -0.1) is 0 Å². The van der Waals surface area contributed by atoms with E-state index in [2.05, 4.69) is 24.1 Å². The van der Waals surface area contributed by atoms with E-state index < -0.39 is 0 Å². The number of ether oxygens (including phenoxy) is 1. The lowest BCUT2D eigenvalue weighted by Gasteiger charge is -2.45. The van der Waals surface area contributed by atoms with E-state index in [9.17, 15) is 5.11 Å². The molecule has 0 bridgehead atoms. The number of hydrogen-bond acceptors (Lipinski definition) is 4. The molecule has 0 amide bonds. The van der Waals surface area contributed by atoms with E-state index in [4.69, 9.17) is 4.74 Å². The highest BCUT2D eigenvalue weighted by Crippen LogP contribution is 2.33. The van der Waals surface area contributed by atoms with Crippen molar-refractivity contribution in [2.75, 3.05) is 39.5 Å². The minimum absolute atomic E-state index is 0.310. The molecule has 0 aromatic heterocycles. The van der Waals surface area contributed by atoms with E-state index in [0.29, 0.717) is 24.1 Å². The molecular formula is C16H32N2O2. The Labute approximate surface area is 123 Å². The minimum atomic E-state index is 0.310. The molecule has 0 saturated carbocycles. The molecule has 0 radical (unpaired) electrons. The lowest BCUT2D eigenvalue weighted by Crippen LogP contribution is -2.53. The molecule has 2 heterocycles. The Hall–Kier alpha value is -0.160.